The fourth-order valence-electron chi connectivity index (χ4n) is 2.39. The van der Waals surface area contributed by atoms with Crippen LogP contribution in [-0.2, 0) is 4.74 Å². The van der Waals surface area contributed by atoms with Gasteiger partial charge in [-0.2, -0.15) is 0 Å². The zero-order valence-electron chi connectivity index (χ0n) is 12.5. The van der Waals surface area contributed by atoms with Crippen LogP contribution in [0, 0.1) is 6.92 Å². The van der Waals surface area contributed by atoms with Gasteiger partial charge in [0.15, 0.2) is 0 Å². The average Bonchev–Trinajstić information content (AvgIpc) is 2.47. The number of carbonyl (C=O) groups is 1. The molecule has 0 saturated carbocycles. The fraction of sp³-hybridized carbons (Fsp3) is 0.562. The molecule has 2 N–H and O–H groups in total. The van der Waals surface area contributed by atoms with E-state index in [-0.39, 0.29) is 5.91 Å². The van der Waals surface area contributed by atoms with Gasteiger partial charge < -0.3 is 15.4 Å². The average molecular weight is 355 g/mol. The van der Waals surface area contributed by atoms with Gasteiger partial charge in [-0.25, -0.2) is 0 Å². The molecule has 0 radical (unpaired) electrons. The number of nitrogens with one attached hydrogen (secondary N) is 2. The summed E-state index contributed by atoms with van der Waals surface area (Å²) < 4.78 is 6.65. The maximum atomic E-state index is 12.1. The van der Waals surface area contributed by atoms with Crippen LogP contribution in [0.3, 0.4) is 0 Å². The second-order valence-electron chi connectivity index (χ2n) is 5.41. The van der Waals surface area contributed by atoms with Crippen molar-refractivity contribution in [2.45, 2.75) is 32.3 Å². The fourth-order valence-corrected chi connectivity index (χ4v) is 3.06. The molecule has 0 unspecified atom stereocenters. The number of hydrogen-bond donors (Lipinski definition) is 2. The van der Waals surface area contributed by atoms with Gasteiger partial charge in [0.25, 0.3) is 5.91 Å². The first kappa shape index (κ1) is 16.5. The van der Waals surface area contributed by atoms with E-state index in [1.54, 1.807) is 0 Å². The van der Waals surface area contributed by atoms with Gasteiger partial charge in [-0.3, -0.25) is 4.79 Å². The summed E-state index contributed by atoms with van der Waals surface area (Å²) in [5.41, 5.74) is 1.81. The van der Waals surface area contributed by atoms with Crippen molar-refractivity contribution >= 4 is 21.8 Å². The molecule has 0 aromatic heterocycles. The van der Waals surface area contributed by atoms with Gasteiger partial charge in [-0.1, -0.05) is 6.07 Å². The van der Waals surface area contributed by atoms with Crippen molar-refractivity contribution in [2.24, 2.45) is 0 Å². The molecule has 1 aromatic rings. The molecule has 1 aromatic carbocycles. The summed E-state index contributed by atoms with van der Waals surface area (Å²) >= 11 is 3.43. The molecule has 0 bridgehead atoms. The lowest BCUT2D eigenvalue weighted by atomic mass is 10.1. The number of aryl methyl sites for hydroxylation is 1. The molecule has 1 amide bonds. The van der Waals surface area contributed by atoms with Crippen LogP contribution in [0.1, 0.15) is 35.2 Å². The predicted octanol–water partition coefficient (Wildman–Crippen LogP) is 2.65. The van der Waals surface area contributed by atoms with E-state index in [1.165, 1.54) is 0 Å². The zero-order valence-corrected chi connectivity index (χ0v) is 14.0. The highest BCUT2D eigenvalue weighted by molar-refractivity contribution is 9.10. The Morgan fingerprint density at radius 1 is 1.43 bits per heavy atom. The first-order valence-electron chi connectivity index (χ1n) is 7.53. The van der Waals surface area contributed by atoms with Crippen molar-refractivity contribution in [1.29, 1.82) is 0 Å². The minimum absolute atomic E-state index is 0.0382. The van der Waals surface area contributed by atoms with Crippen molar-refractivity contribution in [1.82, 2.24) is 10.6 Å². The smallest absolute Gasteiger partial charge is 0.252 e. The molecule has 1 fully saturated rings. The van der Waals surface area contributed by atoms with E-state index in [4.69, 9.17) is 4.74 Å². The molecule has 0 atom stereocenters. The van der Waals surface area contributed by atoms with Gasteiger partial charge in [-0.05, 0) is 72.9 Å². The highest BCUT2D eigenvalue weighted by atomic mass is 79.9. The lowest BCUT2D eigenvalue weighted by molar-refractivity contribution is 0.0318. The molecule has 1 saturated heterocycles. The molecule has 116 valence electrons. The zero-order chi connectivity index (χ0) is 15.1. The summed E-state index contributed by atoms with van der Waals surface area (Å²) in [6.45, 7) is 5.44. The summed E-state index contributed by atoms with van der Waals surface area (Å²) in [6, 6.07) is 5.75. The molecule has 1 aliphatic heterocycles. The van der Waals surface area contributed by atoms with Crippen LogP contribution in [0.15, 0.2) is 22.7 Å². The Bertz CT molecular complexity index is 473. The molecule has 5 heteroatoms. The number of rotatable bonds is 6. The Kier molecular flexibility index (Phi) is 6.67. The summed E-state index contributed by atoms with van der Waals surface area (Å²) in [5, 5.41) is 6.25. The summed E-state index contributed by atoms with van der Waals surface area (Å²) in [6.07, 6.45) is 3.40. The first-order valence-corrected chi connectivity index (χ1v) is 8.33. The van der Waals surface area contributed by atoms with Crippen LogP contribution in [0.5, 0.6) is 0 Å². The Balaban J connectivity index is 1.64. The van der Waals surface area contributed by atoms with Crippen LogP contribution < -0.4 is 10.6 Å². The SMILES string of the molecule is Cc1ccc(C(=O)NCCCOC2CCNCC2)c(Br)c1. The molecule has 4 nitrogen and oxygen atoms in total. The van der Waals surface area contributed by atoms with Gasteiger partial charge in [0.2, 0.25) is 0 Å². The van der Waals surface area contributed by atoms with Crippen molar-refractivity contribution in [3.05, 3.63) is 33.8 Å². The molecule has 1 aliphatic rings. The maximum Gasteiger partial charge on any atom is 0.252 e. The molecular weight excluding hydrogens is 332 g/mol. The van der Waals surface area contributed by atoms with Gasteiger partial charge in [0.05, 0.1) is 11.7 Å². The van der Waals surface area contributed by atoms with Gasteiger partial charge >= 0.3 is 0 Å². The van der Waals surface area contributed by atoms with Crippen LogP contribution in [0.25, 0.3) is 0 Å². The number of ether oxygens (including phenoxy) is 1. The number of piperidine rings is 1. The highest BCUT2D eigenvalue weighted by Gasteiger charge is 2.13. The van der Waals surface area contributed by atoms with E-state index in [0.29, 0.717) is 24.8 Å². The number of carbonyl (C=O) groups excluding carboxylic acids is 1. The molecular formula is C16H23BrN2O2. The van der Waals surface area contributed by atoms with Crippen LogP contribution in [0.4, 0.5) is 0 Å². The number of hydrogen-bond acceptors (Lipinski definition) is 3. The third kappa shape index (κ3) is 5.41. The van der Waals surface area contributed by atoms with Crippen molar-refractivity contribution in [2.75, 3.05) is 26.2 Å². The van der Waals surface area contributed by atoms with E-state index in [1.807, 2.05) is 25.1 Å². The van der Waals surface area contributed by atoms with Crippen LogP contribution in [0.2, 0.25) is 0 Å². The van der Waals surface area contributed by atoms with Gasteiger partial charge in [0.1, 0.15) is 0 Å². The molecule has 21 heavy (non-hydrogen) atoms. The van der Waals surface area contributed by atoms with E-state index >= 15 is 0 Å². The maximum absolute atomic E-state index is 12.1. The van der Waals surface area contributed by atoms with E-state index in [2.05, 4.69) is 26.6 Å². The third-order valence-corrected chi connectivity index (χ3v) is 4.27. The van der Waals surface area contributed by atoms with Gasteiger partial charge in [0, 0.05) is 17.6 Å². The van der Waals surface area contributed by atoms with E-state index in [0.717, 1.165) is 42.4 Å². The molecule has 1 heterocycles. The number of amides is 1. The standard InChI is InChI=1S/C16H23BrN2O2/c1-12-3-4-14(15(17)11-12)16(20)19-7-2-10-21-13-5-8-18-9-6-13/h3-4,11,13,18H,2,5-10H2,1H3,(H,19,20). The Morgan fingerprint density at radius 3 is 2.90 bits per heavy atom. The quantitative estimate of drug-likeness (QED) is 0.772. The Labute approximate surface area is 134 Å². The second-order valence-corrected chi connectivity index (χ2v) is 6.27. The topological polar surface area (TPSA) is 50.4 Å². The normalized spacial score (nSPS) is 15.9. The molecule has 0 spiro atoms. The van der Waals surface area contributed by atoms with E-state index in [9.17, 15) is 4.79 Å². The summed E-state index contributed by atoms with van der Waals surface area (Å²) in [5.74, 6) is -0.0382. The Morgan fingerprint density at radius 2 is 2.19 bits per heavy atom. The van der Waals surface area contributed by atoms with Crippen LogP contribution >= 0.6 is 15.9 Å². The highest BCUT2D eigenvalue weighted by Crippen LogP contribution is 2.18. The lowest BCUT2D eigenvalue weighted by Gasteiger charge is -2.22. The number of halogens is 1. The molecule has 0 aliphatic carbocycles. The second kappa shape index (κ2) is 8.51. The van der Waals surface area contributed by atoms with Crippen molar-refractivity contribution in [3.63, 3.8) is 0 Å². The number of benzene rings is 1. The Hall–Kier alpha value is -0.910. The van der Waals surface area contributed by atoms with E-state index < -0.39 is 0 Å². The summed E-state index contributed by atoms with van der Waals surface area (Å²) in [7, 11) is 0. The first-order chi connectivity index (χ1) is 10.2. The largest absolute Gasteiger partial charge is 0.378 e. The minimum atomic E-state index is -0.0382. The van der Waals surface area contributed by atoms with Crippen molar-refractivity contribution < 1.29 is 9.53 Å². The summed E-state index contributed by atoms with van der Waals surface area (Å²) in [4.78, 5) is 12.1. The minimum Gasteiger partial charge on any atom is -0.378 e. The lowest BCUT2D eigenvalue weighted by Crippen LogP contribution is -2.33. The van der Waals surface area contributed by atoms with Crippen molar-refractivity contribution in [3.8, 4) is 0 Å². The monoisotopic (exact) mass is 354 g/mol. The third-order valence-electron chi connectivity index (χ3n) is 3.62. The predicted molar refractivity (Wildman–Crippen MR) is 87.7 cm³/mol. The van der Waals surface area contributed by atoms with Gasteiger partial charge in [-0.15, -0.1) is 0 Å². The molecule has 2 rings (SSSR count). The van der Waals surface area contributed by atoms with Crippen LogP contribution in [-0.4, -0.2) is 38.3 Å².